The smallest absolute Gasteiger partial charge is 0.244 e. The molecular weight excluding hydrogens is 506 g/mol. The molecule has 0 radical (unpaired) electrons. The summed E-state index contributed by atoms with van der Waals surface area (Å²) in [5, 5.41) is 2.83. The number of nitrogens with zero attached hydrogens (tertiary/aromatic N) is 2. The predicted molar refractivity (Wildman–Crippen MR) is 136 cm³/mol. The topological polar surface area (TPSA) is 86.8 Å². The molecule has 180 valence electrons. The number of carbonyl (C=O) groups is 2. The number of aryl methyl sites for hydroxylation is 2. The van der Waals surface area contributed by atoms with E-state index >= 15 is 0 Å². The summed E-state index contributed by atoms with van der Waals surface area (Å²) in [5.41, 5.74) is 3.17. The molecule has 9 heteroatoms. The molecule has 2 aromatic carbocycles. The first-order valence-electron chi connectivity index (χ1n) is 10.7. The number of rotatable bonds is 9. The molecule has 0 aliphatic rings. The Bertz CT molecular complexity index is 1120. The summed E-state index contributed by atoms with van der Waals surface area (Å²) in [7, 11) is -3.74. The van der Waals surface area contributed by atoms with Crippen LogP contribution >= 0.6 is 15.9 Å². The van der Waals surface area contributed by atoms with Crippen LogP contribution in [-0.4, -0.2) is 50.0 Å². The summed E-state index contributed by atoms with van der Waals surface area (Å²) >= 11 is 3.43. The average Bonchev–Trinajstić information content (AvgIpc) is 2.70. The third-order valence-electron chi connectivity index (χ3n) is 5.30. The van der Waals surface area contributed by atoms with Crippen LogP contribution in [0.5, 0.6) is 0 Å². The van der Waals surface area contributed by atoms with Crippen LogP contribution in [0.1, 0.15) is 37.5 Å². The summed E-state index contributed by atoms with van der Waals surface area (Å²) in [4.78, 5) is 27.6. The highest BCUT2D eigenvalue weighted by molar-refractivity contribution is 9.10. The van der Waals surface area contributed by atoms with Gasteiger partial charge in [-0.25, -0.2) is 8.42 Å². The summed E-state index contributed by atoms with van der Waals surface area (Å²) in [6.45, 7) is 8.91. The van der Waals surface area contributed by atoms with Crippen molar-refractivity contribution in [1.29, 1.82) is 0 Å². The zero-order valence-electron chi connectivity index (χ0n) is 19.9. The number of hydrogen-bond acceptors (Lipinski definition) is 4. The molecule has 1 atom stereocenters. The van der Waals surface area contributed by atoms with Crippen LogP contribution < -0.4 is 9.62 Å². The molecule has 0 saturated carbocycles. The molecule has 1 N–H and O–H groups in total. The molecule has 2 aromatic rings. The Morgan fingerprint density at radius 2 is 1.70 bits per heavy atom. The van der Waals surface area contributed by atoms with Gasteiger partial charge in [0.25, 0.3) is 0 Å². The van der Waals surface area contributed by atoms with E-state index in [1.54, 1.807) is 19.1 Å². The quantitative estimate of drug-likeness (QED) is 0.527. The van der Waals surface area contributed by atoms with E-state index in [9.17, 15) is 18.0 Å². The first-order chi connectivity index (χ1) is 15.3. The van der Waals surface area contributed by atoms with Crippen molar-refractivity contribution in [3.63, 3.8) is 0 Å². The van der Waals surface area contributed by atoms with Gasteiger partial charge >= 0.3 is 0 Å². The Kier molecular flexibility index (Phi) is 9.08. The highest BCUT2D eigenvalue weighted by atomic mass is 79.9. The van der Waals surface area contributed by atoms with E-state index in [0.29, 0.717) is 5.69 Å². The van der Waals surface area contributed by atoms with E-state index in [1.165, 1.54) is 4.90 Å². The summed E-state index contributed by atoms with van der Waals surface area (Å²) in [5.74, 6) is -0.768. The van der Waals surface area contributed by atoms with Crippen molar-refractivity contribution in [1.82, 2.24) is 10.2 Å². The van der Waals surface area contributed by atoms with Crippen molar-refractivity contribution in [3.8, 4) is 0 Å². The van der Waals surface area contributed by atoms with E-state index < -0.39 is 28.5 Å². The van der Waals surface area contributed by atoms with Crippen molar-refractivity contribution in [2.24, 2.45) is 0 Å². The average molecular weight is 539 g/mol. The lowest BCUT2D eigenvalue weighted by Crippen LogP contribution is -2.52. The van der Waals surface area contributed by atoms with E-state index in [0.717, 1.165) is 31.7 Å². The van der Waals surface area contributed by atoms with Gasteiger partial charge in [0.2, 0.25) is 21.8 Å². The summed E-state index contributed by atoms with van der Waals surface area (Å²) in [6, 6.07) is 11.8. The van der Waals surface area contributed by atoms with Gasteiger partial charge in [-0.1, -0.05) is 34.1 Å². The Morgan fingerprint density at radius 1 is 1.03 bits per heavy atom. The van der Waals surface area contributed by atoms with Crippen LogP contribution in [0.25, 0.3) is 0 Å². The van der Waals surface area contributed by atoms with Gasteiger partial charge in [0.1, 0.15) is 12.6 Å². The molecule has 33 heavy (non-hydrogen) atoms. The summed E-state index contributed by atoms with van der Waals surface area (Å²) < 4.78 is 27.1. The molecule has 0 saturated heterocycles. The highest BCUT2D eigenvalue weighted by Gasteiger charge is 2.30. The lowest BCUT2D eigenvalue weighted by Gasteiger charge is -2.32. The van der Waals surface area contributed by atoms with Crippen LogP contribution in [-0.2, 0) is 26.2 Å². The second-order valence-electron chi connectivity index (χ2n) is 8.53. The van der Waals surface area contributed by atoms with Crippen LogP contribution in [0, 0.1) is 13.8 Å². The van der Waals surface area contributed by atoms with E-state index in [-0.39, 0.29) is 18.5 Å². The molecule has 0 fully saturated rings. The van der Waals surface area contributed by atoms with Crippen LogP contribution in [0.3, 0.4) is 0 Å². The summed E-state index contributed by atoms with van der Waals surface area (Å²) in [6.07, 6.45) is 1.07. The first kappa shape index (κ1) is 26.9. The fourth-order valence-corrected chi connectivity index (χ4v) is 4.60. The maximum atomic E-state index is 13.5. The fourth-order valence-electron chi connectivity index (χ4n) is 3.31. The number of anilines is 1. The van der Waals surface area contributed by atoms with Crippen molar-refractivity contribution >= 4 is 43.5 Å². The standard InChI is InChI=1S/C24H32BrN3O4S/c1-16(2)26-24(30)19(5)27(14-20-8-7-9-21(25)13-20)23(29)15-28(33(6,31)32)22-11-10-17(3)18(4)12-22/h7-13,16,19H,14-15H2,1-6H3,(H,26,30)/t19-/m1/s1. The molecule has 0 spiro atoms. The minimum atomic E-state index is -3.74. The van der Waals surface area contributed by atoms with Gasteiger partial charge in [0, 0.05) is 17.1 Å². The van der Waals surface area contributed by atoms with Gasteiger partial charge in [-0.3, -0.25) is 13.9 Å². The van der Waals surface area contributed by atoms with E-state index in [2.05, 4.69) is 21.2 Å². The van der Waals surface area contributed by atoms with Gasteiger partial charge in [-0.2, -0.15) is 0 Å². The Hall–Kier alpha value is -2.39. The minimum Gasteiger partial charge on any atom is -0.352 e. The molecule has 2 rings (SSSR count). The number of sulfonamides is 1. The number of nitrogens with one attached hydrogen (secondary N) is 1. The zero-order valence-corrected chi connectivity index (χ0v) is 22.3. The number of benzene rings is 2. The van der Waals surface area contributed by atoms with Crippen molar-refractivity contribution < 1.29 is 18.0 Å². The lowest BCUT2D eigenvalue weighted by molar-refractivity contribution is -0.139. The van der Waals surface area contributed by atoms with Gasteiger partial charge < -0.3 is 10.2 Å². The largest absolute Gasteiger partial charge is 0.352 e. The van der Waals surface area contributed by atoms with Crippen molar-refractivity contribution in [2.75, 3.05) is 17.1 Å². The zero-order chi connectivity index (χ0) is 24.9. The number of hydrogen-bond donors (Lipinski definition) is 1. The van der Waals surface area contributed by atoms with Crippen LogP contribution in [0.4, 0.5) is 5.69 Å². The second-order valence-corrected chi connectivity index (χ2v) is 11.4. The molecular formula is C24H32BrN3O4S. The molecule has 0 heterocycles. The van der Waals surface area contributed by atoms with Crippen molar-refractivity contribution in [3.05, 3.63) is 63.6 Å². The normalized spacial score (nSPS) is 12.4. The SMILES string of the molecule is Cc1ccc(N(CC(=O)N(Cc2cccc(Br)c2)[C@H](C)C(=O)NC(C)C)S(C)(=O)=O)cc1C. The Balaban J connectivity index is 2.41. The molecule has 0 unspecified atom stereocenters. The number of halogens is 1. The molecule has 0 aromatic heterocycles. The molecule has 7 nitrogen and oxygen atoms in total. The van der Waals surface area contributed by atoms with Crippen LogP contribution in [0.15, 0.2) is 46.9 Å². The first-order valence-corrected chi connectivity index (χ1v) is 13.3. The third kappa shape index (κ3) is 7.57. The predicted octanol–water partition coefficient (Wildman–Crippen LogP) is 3.77. The fraction of sp³-hybridized carbons (Fsp3) is 0.417. The molecule has 0 bridgehead atoms. The maximum absolute atomic E-state index is 13.5. The van der Waals surface area contributed by atoms with Gasteiger partial charge in [0.05, 0.1) is 11.9 Å². The third-order valence-corrected chi connectivity index (χ3v) is 6.93. The number of amides is 2. The van der Waals surface area contributed by atoms with Crippen molar-refractivity contribution in [2.45, 2.75) is 53.2 Å². The van der Waals surface area contributed by atoms with E-state index in [4.69, 9.17) is 0 Å². The minimum absolute atomic E-state index is 0.0918. The Morgan fingerprint density at radius 3 is 2.24 bits per heavy atom. The van der Waals surface area contributed by atoms with Gasteiger partial charge in [-0.15, -0.1) is 0 Å². The van der Waals surface area contributed by atoms with E-state index in [1.807, 2.05) is 58.0 Å². The second kappa shape index (κ2) is 11.2. The molecule has 0 aliphatic carbocycles. The maximum Gasteiger partial charge on any atom is 0.244 e. The molecule has 2 amide bonds. The number of carbonyl (C=O) groups excluding carboxylic acids is 2. The van der Waals surface area contributed by atoms with Crippen LogP contribution in [0.2, 0.25) is 0 Å². The monoisotopic (exact) mass is 537 g/mol. The van der Waals surface area contributed by atoms with Gasteiger partial charge in [-0.05, 0) is 75.6 Å². The lowest BCUT2D eigenvalue weighted by atomic mass is 10.1. The Labute approximate surface area is 205 Å². The van der Waals surface area contributed by atoms with Gasteiger partial charge in [0.15, 0.2) is 0 Å². The highest BCUT2D eigenvalue weighted by Crippen LogP contribution is 2.22. The molecule has 0 aliphatic heterocycles.